The average molecular weight is 1060 g/mol. The lowest BCUT2D eigenvalue weighted by Gasteiger charge is -1.93. The van der Waals surface area contributed by atoms with Gasteiger partial charge in [0.15, 0.2) is 0 Å². The van der Waals surface area contributed by atoms with Crippen molar-refractivity contribution in [3.05, 3.63) is 201 Å². The Bertz CT molecular complexity index is 1660. The van der Waals surface area contributed by atoms with Crippen LogP contribution in [0.1, 0.15) is 220 Å². The van der Waals surface area contributed by atoms with Gasteiger partial charge in [-0.25, -0.2) is 9.97 Å². The maximum atomic E-state index is 4.08. The molecule has 0 amide bonds. The number of nitrogens with zero attached hydrogens (tertiary/aromatic N) is 8. The quantitative estimate of drug-likeness (QED) is 0.148. The highest BCUT2D eigenvalue weighted by Gasteiger charge is 1.90. The lowest BCUT2D eigenvalue weighted by atomic mass is 10.1. The van der Waals surface area contributed by atoms with E-state index >= 15 is 0 Å². The molecule has 0 bridgehead atoms. The summed E-state index contributed by atoms with van der Waals surface area (Å²) in [7, 11) is 0. The fourth-order valence-corrected chi connectivity index (χ4v) is 3.80. The van der Waals surface area contributed by atoms with Gasteiger partial charge in [-0.15, -0.1) is 0 Å². The number of benzene rings is 1. The van der Waals surface area contributed by atoms with Crippen LogP contribution in [0.2, 0.25) is 0 Å². The Morgan fingerprint density at radius 1 is 0.247 bits per heavy atom. The van der Waals surface area contributed by atoms with Gasteiger partial charge in [0.25, 0.3) is 0 Å². The molecule has 0 saturated heterocycles. The van der Waals surface area contributed by atoms with Crippen molar-refractivity contribution < 1.29 is 0 Å². The second kappa shape index (κ2) is 66.1. The van der Waals surface area contributed by atoms with E-state index in [9.17, 15) is 0 Å². The first-order valence-corrected chi connectivity index (χ1v) is 28.5. The lowest BCUT2D eigenvalue weighted by molar-refractivity contribution is 0.961. The summed E-state index contributed by atoms with van der Waals surface area (Å²) in [6, 6.07) is 22.3. The molecular weight excluding hydrogens is 941 g/mol. The van der Waals surface area contributed by atoms with Crippen LogP contribution in [-0.2, 0) is 0 Å². The maximum absolute atomic E-state index is 4.08. The summed E-state index contributed by atoms with van der Waals surface area (Å²) in [5, 5.41) is 7.52. The van der Waals surface area contributed by atoms with Crippen LogP contribution in [0.25, 0.3) is 0 Å². The van der Waals surface area contributed by atoms with E-state index in [-0.39, 0.29) is 0 Å². The highest BCUT2D eigenvalue weighted by Crippen LogP contribution is 2.04. The Morgan fingerprint density at radius 2 is 0.519 bits per heavy atom. The highest BCUT2D eigenvalue weighted by atomic mass is 15.1. The highest BCUT2D eigenvalue weighted by molar-refractivity contribution is 5.23. The van der Waals surface area contributed by atoms with Crippen LogP contribution in [0.15, 0.2) is 123 Å². The molecule has 0 fully saturated rings. The first-order valence-electron chi connectivity index (χ1n) is 28.5. The van der Waals surface area contributed by atoms with E-state index in [2.05, 4.69) is 229 Å². The maximum Gasteiger partial charge on any atom is 0.115 e. The second-order valence-corrected chi connectivity index (χ2v) is 18.4. The molecule has 8 nitrogen and oxygen atoms in total. The van der Waals surface area contributed by atoms with Gasteiger partial charge in [-0.3, -0.25) is 19.9 Å². The molecule has 0 aliphatic carbocycles. The van der Waals surface area contributed by atoms with Gasteiger partial charge < -0.3 is 0 Å². The van der Waals surface area contributed by atoms with Crippen molar-refractivity contribution in [2.45, 2.75) is 239 Å². The summed E-state index contributed by atoms with van der Waals surface area (Å²) in [4.78, 5) is 23.8. The smallest absolute Gasteiger partial charge is 0.115 e. The van der Waals surface area contributed by atoms with Gasteiger partial charge in [0.1, 0.15) is 6.33 Å². The molecule has 77 heavy (non-hydrogen) atoms. The zero-order chi connectivity index (χ0) is 60.8. The zero-order valence-electron chi connectivity index (χ0n) is 55.1. The van der Waals surface area contributed by atoms with Gasteiger partial charge in [0.05, 0.1) is 5.69 Å². The van der Waals surface area contributed by atoms with Crippen molar-refractivity contribution >= 4 is 0 Å². The van der Waals surface area contributed by atoms with E-state index in [0.29, 0.717) is 0 Å². The third kappa shape index (κ3) is 64.2. The third-order valence-corrected chi connectivity index (χ3v) is 8.90. The molecule has 6 aromatic heterocycles. The largest absolute Gasteiger partial charge is 0.264 e. The Kier molecular flexibility index (Phi) is 72.9. The van der Waals surface area contributed by atoms with Gasteiger partial charge in [0, 0.05) is 66.7 Å². The Labute approximate surface area is 477 Å². The van der Waals surface area contributed by atoms with Gasteiger partial charge in [-0.1, -0.05) is 178 Å². The van der Waals surface area contributed by atoms with Crippen molar-refractivity contribution in [2.24, 2.45) is 0 Å². The van der Waals surface area contributed by atoms with Crippen LogP contribution in [0.4, 0.5) is 0 Å². The van der Waals surface area contributed by atoms with Gasteiger partial charge >= 0.3 is 0 Å². The number of hydrogen-bond acceptors (Lipinski definition) is 8. The molecule has 0 aliphatic rings. The molecule has 434 valence electrons. The van der Waals surface area contributed by atoms with Gasteiger partial charge in [-0.2, -0.15) is 10.2 Å². The predicted molar refractivity (Wildman–Crippen MR) is 346 cm³/mol. The summed E-state index contributed by atoms with van der Waals surface area (Å²) in [5.74, 6) is 0. The molecule has 0 radical (unpaired) electrons. The van der Waals surface area contributed by atoms with Crippen molar-refractivity contribution in [1.29, 1.82) is 0 Å². The number of hydrogen-bond donors (Lipinski definition) is 0. The molecule has 0 saturated carbocycles. The van der Waals surface area contributed by atoms with Crippen LogP contribution >= 0.6 is 0 Å². The number of aromatic nitrogens is 8. The molecule has 7 rings (SSSR count). The number of rotatable bonds is 0. The molecule has 0 atom stereocenters. The SMILES string of the molecule is CCC.CCC.CCC.CCC.CCC.CCC.CCC.Cc1ccccc1C.Cc1cccnc1C.Cc1cccnc1C.Cc1ccncc1C.Cc1ccncc1C.Cc1ccnnc1C.Cc1cncnc1C. The van der Waals surface area contributed by atoms with Gasteiger partial charge in [-0.05, 0) is 183 Å². The molecule has 6 heterocycles. The standard InChI is InChI=1S/C8H10.4C7H9N.2C6H8N2.7C3H8/c1-7-5-3-4-6-8(7)2;2*1-6-3-4-8-5-7(6)2;2*1-6-4-3-5-8-7(6)2;1-5-3-7-4-8-6(5)2;1-5-3-4-7-8-6(5)2;7*1-3-2/h3-6H,1-2H3;4*3-5H,1-2H3;2*3-4H,1-2H3;7*3H2,1-2H3. The molecule has 0 N–H and O–H groups in total. The lowest BCUT2D eigenvalue weighted by Crippen LogP contribution is -1.86. The topological polar surface area (TPSA) is 103 Å². The molecule has 0 spiro atoms. The monoisotopic (exact) mass is 1060 g/mol. The number of pyridine rings is 4. The zero-order valence-corrected chi connectivity index (χ0v) is 55.1. The predicted octanol–water partition coefficient (Wildman–Crippen LogP) is 21.2. The molecule has 8 heteroatoms. The third-order valence-electron chi connectivity index (χ3n) is 8.90. The summed E-state index contributed by atoms with van der Waals surface area (Å²) >= 11 is 0. The Balaban J connectivity index is -0.000000140. The van der Waals surface area contributed by atoms with Crippen LogP contribution in [0.5, 0.6) is 0 Å². The average Bonchev–Trinajstić information content (AvgIpc) is 3.39. The van der Waals surface area contributed by atoms with E-state index in [4.69, 9.17) is 0 Å². The van der Waals surface area contributed by atoms with Crippen molar-refractivity contribution in [2.75, 3.05) is 0 Å². The minimum Gasteiger partial charge on any atom is -0.264 e. The van der Waals surface area contributed by atoms with Gasteiger partial charge in [0.2, 0.25) is 0 Å². The van der Waals surface area contributed by atoms with Crippen LogP contribution in [0.3, 0.4) is 0 Å². The first-order chi connectivity index (χ1) is 36.5. The fraction of sp³-hybridized carbons (Fsp3) is 0.507. The first kappa shape index (κ1) is 84.9. The fourth-order valence-electron chi connectivity index (χ4n) is 3.80. The molecular formula is C69H118N8. The minimum atomic E-state index is 1.01. The van der Waals surface area contributed by atoms with E-state index in [1.807, 2.05) is 115 Å². The molecule has 1 aromatic carbocycles. The molecule has 0 unspecified atom stereocenters. The van der Waals surface area contributed by atoms with Crippen molar-refractivity contribution in [3.63, 3.8) is 0 Å². The van der Waals surface area contributed by atoms with Crippen LogP contribution in [0, 0.1) is 96.9 Å². The van der Waals surface area contributed by atoms with E-state index in [0.717, 1.165) is 28.3 Å². The molecule has 7 aromatic rings. The second-order valence-electron chi connectivity index (χ2n) is 18.4. The summed E-state index contributed by atoms with van der Waals surface area (Å²) in [6.07, 6.45) is 24.8. The Hall–Kier alpha value is -6.02. The Morgan fingerprint density at radius 3 is 0.701 bits per heavy atom. The van der Waals surface area contributed by atoms with E-state index < -0.39 is 0 Å². The van der Waals surface area contributed by atoms with E-state index in [1.54, 1.807) is 12.5 Å². The summed E-state index contributed by atoms with van der Waals surface area (Å²) in [5.41, 5.74) is 17.0. The van der Waals surface area contributed by atoms with Crippen LogP contribution < -0.4 is 0 Å². The number of aryl methyl sites for hydroxylation is 14. The minimum absolute atomic E-state index is 1.01. The van der Waals surface area contributed by atoms with Crippen LogP contribution in [-0.4, -0.2) is 40.1 Å². The van der Waals surface area contributed by atoms with Crippen molar-refractivity contribution in [1.82, 2.24) is 40.1 Å². The normalized spacial score (nSPS) is 8.36. The van der Waals surface area contributed by atoms with Crippen molar-refractivity contribution in [3.8, 4) is 0 Å². The molecule has 0 aliphatic heterocycles. The summed E-state index contributed by atoms with van der Waals surface area (Å²) < 4.78 is 0. The van der Waals surface area contributed by atoms with E-state index in [1.165, 1.54) is 95.0 Å². The summed E-state index contributed by atoms with van der Waals surface area (Å²) in [6.45, 7) is 58.3.